The topological polar surface area (TPSA) is 90.6 Å². The van der Waals surface area contributed by atoms with Crippen molar-refractivity contribution in [3.05, 3.63) is 65.2 Å². The first-order chi connectivity index (χ1) is 12.0. The lowest BCUT2D eigenvalue weighted by Crippen LogP contribution is -2.33. The first-order valence-corrected chi connectivity index (χ1v) is 7.88. The van der Waals surface area contributed by atoms with Crippen molar-refractivity contribution in [3.8, 4) is 5.75 Å². The molecule has 0 aromatic heterocycles. The third-order valence-corrected chi connectivity index (χ3v) is 3.67. The number of methoxy groups -OCH3 is 1. The summed E-state index contributed by atoms with van der Waals surface area (Å²) in [5.74, 6) is -0.188. The van der Waals surface area contributed by atoms with Gasteiger partial charge in [-0.05, 0) is 30.2 Å². The Balaban J connectivity index is 0.00000338. The Kier molecular flexibility index (Phi) is 8.61. The zero-order valence-electron chi connectivity index (χ0n) is 14.7. The molecule has 2 aromatic rings. The van der Waals surface area contributed by atoms with Crippen molar-refractivity contribution in [2.45, 2.75) is 19.5 Å². The Labute approximate surface area is 159 Å². The van der Waals surface area contributed by atoms with E-state index in [-0.39, 0.29) is 24.9 Å². The number of nitrogens with one attached hydrogen (secondary N) is 1. The molecule has 0 saturated heterocycles. The van der Waals surface area contributed by atoms with E-state index in [2.05, 4.69) is 10.1 Å². The van der Waals surface area contributed by atoms with Gasteiger partial charge in [-0.1, -0.05) is 42.0 Å². The fourth-order valence-corrected chi connectivity index (χ4v) is 2.17. The van der Waals surface area contributed by atoms with E-state index in [1.807, 2.05) is 37.3 Å². The second-order valence-corrected chi connectivity index (χ2v) is 5.62. The molecule has 0 aliphatic heterocycles. The van der Waals surface area contributed by atoms with Gasteiger partial charge in [0.2, 0.25) is 5.91 Å². The normalized spacial score (nSPS) is 11.0. The second kappa shape index (κ2) is 10.4. The highest BCUT2D eigenvalue weighted by Gasteiger charge is 2.15. The van der Waals surface area contributed by atoms with Gasteiger partial charge < -0.3 is 20.5 Å². The summed E-state index contributed by atoms with van der Waals surface area (Å²) < 4.78 is 9.84. The van der Waals surface area contributed by atoms with Crippen LogP contribution in [0.15, 0.2) is 48.5 Å². The van der Waals surface area contributed by atoms with E-state index in [1.54, 1.807) is 18.2 Å². The van der Waals surface area contributed by atoms with Crippen molar-refractivity contribution in [1.82, 2.24) is 5.32 Å². The highest BCUT2D eigenvalue weighted by Crippen LogP contribution is 2.15. The number of nitrogens with two attached hydrogens (primary N) is 1. The van der Waals surface area contributed by atoms with Crippen LogP contribution in [0.25, 0.3) is 0 Å². The average molecular weight is 379 g/mol. The summed E-state index contributed by atoms with van der Waals surface area (Å²) >= 11 is 0. The monoisotopic (exact) mass is 378 g/mol. The van der Waals surface area contributed by atoms with Crippen LogP contribution in [-0.2, 0) is 20.9 Å². The smallest absolute Gasteiger partial charge is 0.343 e. The molecule has 1 amide bonds. The molecular formula is C19H23ClN2O4. The first kappa shape index (κ1) is 21.5. The van der Waals surface area contributed by atoms with Crippen molar-refractivity contribution in [1.29, 1.82) is 0 Å². The number of carbonyl (C=O) groups is 2. The van der Waals surface area contributed by atoms with Crippen LogP contribution in [0.2, 0.25) is 0 Å². The van der Waals surface area contributed by atoms with Crippen molar-refractivity contribution in [2.24, 2.45) is 5.73 Å². The van der Waals surface area contributed by atoms with Crippen molar-refractivity contribution < 1.29 is 19.1 Å². The van der Waals surface area contributed by atoms with E-state index >= 15 is 0 Å². The van der Waals surface area contributed by atoms with Crippen molar-refractivity contribution >= 4 is 24.3 Å². The molecule has 140 valence electrons. The molecule has 0 aliphatic carbocycles. The third kappa shape index (κ3) is 6.38. The number of benzene rings is 2. The van der Waals surface area contributed by atoms with Crippen molar-refractivity contribution in [3.63, 3.8) is 0 Å². The predicted molar refractivity (Wildman–Crippen MR) is 101 cm³/mol. The van der Waals surface area contributed by atoms with Gasteiger partial charge in [-0.2, -0.15) is 0 Å². The molecule has 0 aliphatic rings. The van der Waals surface area contributed by atoms with Crippen LogP contribution in [-0.4, -0.2) is 25.6 Å². The molecule has 3 N–H and O–H groups in total. The van der Waals surface area contributed by atoms with Gasteiger partial charge in [0, 0.05) is 6.54 Å². The fraction of sp³-hybridized carbons (Fsp3) is 0.263. The number of rotatable bonds is 7. The second-order valence-electron chi connectivity index (χ2n) is 5.62. The lowest BCUT2D eigenvalue weighted by atomic mass is 10.1. The molecule has 1 unspecified atom stereocenters. The lowest BCUT2D eigenvalue weighted by Gasteiger charge is -2.13. The number of hydrogen-bond donors (Lipinski definition) is 2. The van der Waals surface area contributed by atoms with Crippen LogP contribution < -0.4 is 15.8 Å². The molecule has 7 heteroatoms. The van der Waals surface area contributed by atoms with E-state index in [9.17, 15) is 9.59 Å². The highest BCUT2D eigenvalue weighted by molar-refractivity contribution is 5.85. The van der Waals surface area contributed by atoms with Gasteiger partial charge in [-0.15, -0.1) is 12.4 Å². The summed E-state index contributed by atoms with van der Waals surface area (Å²) in [6, 6.07) is 13.9. The Morgan fingerprint density at radius 3 is 2.50 bits per heavy atom. The van der Waals surface area contributed by atoms with Gasteiger partial charge in [0.05, 0.1) is 7.11 Å². The molecule has 0 fully saturated rings. The van der Waals surface area contributed by atoms with Gasteiger partial charge in [0.25, 0.3) is 0 Å². The van der Waals surface area contributed by atoms with E-state index in [1.165, 1.54) is 7.11 Å². The van der Waals surface area contributed by atoms with E-state index in [4.69, 9.17) is 10.5 Å². The Hall–Kier alpha value is -2.57. The van der Waals surface area contributed by atoms with Crippen LogP contribution in [0.3, 0.4) is 0 Å². The largest absolute Gasteiger partial charge is 0.482 e. The van der Waals surface area contributed by atoms with Crippen LogP contribution in [0.4, 0.5) is 0 Å². The molecular weight excluding hydrogens is 356 g/mol. The van der Waals surface area contributed by atoms with Crippen LogP contribution in [0.1, 0.15) is 22.7 Å². The van der Waals surface area contributed by atoms with Gasteiger partial charge in [0.15, 0.2) is 6.61 Å². The molecule has 26 heavy (non-hydrogen) atoms. The summed E-state index contributed by atoms with van der Waals surface area (Å²) in [6.07, 6.45) is 0. The summed E-state index contributed by atoms with van der Waals surface area (Å²) in [5.41, 5.74) is 8.70. The average Bonchev–Trinajstić information content (AvgIpc) is 2.64. The summed E-state index contributed by atoms with van der Waals surface area (Å²) in [7, 11) is 1.30. The standard InChI is InChI=1S/C19H22N2O4.ClH/c1-13-6-8-15(9-7-13)18(20)19(23)21-11-14-4-3-5-16(10-14)25-12-17(22)24-2;/h3-10,18H,11-12,20H2,1-2H3,(H,21,23);1H. The van der Waals surface area contributed by atoms with E-state index < -0.39 is 12.0 Å². The maximum Gasteiger partial charge on any atom is 0.343 e. The molecule has 6 nitrogen and oxygen atoms in total. The number of ether oxygens (including phenoxy) is 2. The predicted octanol–water partition coefficient (Wildman–Crippen LogP) is 2.28. The summed E-state index contributed by atoms with van der Waals surface area (Å²) in [6.45, 7) is 2.13. The minimum atomic E-state index is -0.723. The molecule has 1 atom stereocenters. The van der Waals surface area contributed by atoms with E-state index in [0.717, 1.165) is 16.7 Å². The van der Waals surface area contributed by atoms with Gasteiger partial charge in [-0.3, -0.25) is 4.79 Å². The fourth-order valence-electron chi connectivity index (χ4n) is 2.17. The highest BCUT2D eigenvalue weighted by atomic mass is 35.5. The van der Waals surface area contributed by atoms with Gasteiger partial charge in [0.1, 0.15) is 11.8 Å². The minimum Gasteiger partial charge on any atom is -0.482 e. The molecule has 0 spiro atoms. The summed E-state index contributed by atoms with van der Waals surface area (Å²) in [4.78, 5) is 23.3. The first-order valence-electron chi connectivity index (χ1n) is 7.88. The number of carbonyl (C=O) groups excluding carboxylic acids is 2. The molecule has 2 rings (SSSR count). The van der Waals surface area contributed by atoms with Crippen LogP contribution in [0.5, 0.6) is 5.75 Å². The van der Waals surface area contributed by atoms with Crippen LogP contribution in [0, 0.1) is 6.92 Å². The molecule has 0 saturated carbocycles. The third-order valence-electron chi connectivity index (χ3n) is 3.67. The zero-order chi connectivity index (χ0) is 18.2. The molecule has 0 bridgehead atoms. The van der Waals surface area contributed by atoms with Gasteiger partial charge in [-0.25, -0.2) is 4.79 Å². The Bertz CT molecular complexity index is 735. The minimum absolute atomic E-state index is 0. The lowest BCUT2D eigenvalue weighted by molar-refractivity contribution is -0.142. The number of hydrogen-bond acceptors (Lipinski definition) is 5. The SMILES string of the molecule is COC(=O)COc1cccc(CNC(=O)C(N)c2ccc(C)cc2)c1.Cl. The Morgan fingerprint density at radius 1 is 1.15 bits per heavy atom. The molecule has 2 aromatic carbocycles. The molecule has 0 heterocycles. The number of aryl methyl sites for hydroxylation is 1. The maximum absolute atomic E-state index is 12.2. The molecule has 0 radical (unpaired) electrons. The summed E-state index contributed by atoms with van der Waals surface area (Å²) in [5, 5.41) is 2.80. The quantitative estimate of drug-likeness (QED) is 0.721. The number of amides is 1. The van der Waals surface area contributed by atoms with Crippen LogP contribution >= 0.6 is 12.4 Å². The van der Waals surface area contributed by atoms with Crippen molar-refractivity contribution in [2.75, 3.05) is 13.7 Å². The van der Waals surface area contributed by atoms with E-state index in [0.29, 0.717) is 12.3 Å². The Morgan fingerprint density at radius 2 is 1.85 bits per heavy atom. The number of halogens is 1. The number of esters is 1. The van der Waals surface area contributed by atoms with Gasteiger partial charge >= 0.3 is 5.97 Å². The maximum atomic E-state index is 12.2. The zero-order valence-corrected chi connectivity index (χ0v) is 15.5.